The van der Waals surface area contributed by atoms with Crippen LogP contribution in [0.1, 0.15) is 51.1 Å². The van der Waals surface area contributed by atoms with Gasteiger partial charge in [0.15, 0.2) is 11.6 Å². The number of nitrogens with one attached hydrogen (secondary N) is 1. The number of hydrogen-bond acceptors (Lipinski definition) is 6. The van der Waals surface area contributed by atoms with E-state index in [4.69, 9.17) is 10.7 Å². The van der Waals surface area contributed by atoms with Gasteiger partial charge in [-0.3, -0.25) is 9.78 Å². The molecule has 2 aromatic heterocycles. The van der Waals surface area contributed by atoms with Gasteiger partial charge >= 0.3 is 0 Å². The van der Waals surface area contributed by atoms with Crippen molar-refractivity contribution < 1.29 is 26.4 Å². The number of rotatable bonds is 7. The fraction of sp³-hybridized carbons (Fsp3) is 0.241. The molecule has 1 saturated heterocycles. The summed E-state index contributed by atoms with van der Waals surface area (Å²) < 4.78 is 68.9. The maximum atomic E-state index is 13.6. The van der Waals surface area contributed by atoms with Crippen molar-refractivity contribution in [3.05, 3.63) is 99.4 Å². The molecule has 0 radical (unpaired) electrons. The van der Waals surface area contributed by atoms with Crippen LogP contribution in [-0.2, 0) is 29.4 Å². The van der Waals surface area contributed by atoms with Crippen LogP contribution in [0.5, 0.6) is 0 Å². The summed E-state index contributed by atoms with van der Waals surface area (Å²) in [7, 11) is -3.85. The molecule has 12 heteroatoms. The van der Waals surface area contributed by atoms with Crippen molar-refractivity contribution in [3.63, 3.8) is 0 Å². The Balaban J connectivity index is 1.34. The summed E-state index contributed by atoms with van der Waals surface area (Å²) in [5.74, 6) is -2.76. The second-order valence-electron chi connectivity index (χ2n) is 10.1. The number of benzene rings is 2. The SMILES string of the molecule is Nc1c(CCc2ccc(F)cc2)nc2c(c1-c1ccc(C(=O)NCc3ccc(F)c(F)c3)s1)S(=O)(=O)N1CCC[C@@H]21. The van der Waals surface area contributed by atoms with Crippen LogP contribution < -0.4 is 11.1 Å². The van der Waals surface area contributed by atoms with Gasteiger partial charge in [-0.25, -0.2) is 21.6 Å². The second-order valence-corrected chi connectivity index (χ2v) is 13.0. The average molecular weight is 599 g/mol. The molecule has 0 aliphatic carbocycles. The van der Waals surface area contributed by atoms with Gasteiger partial charge in [0.05, 0.1) is 28.0 Å². The molecule has 41 heavy (non-hydrogen) atoms. The molecule has 4 aromatic rings. The maximum Gasteiger partial charge on any atom is 0.261 e. The van der Waals surface area contributed by atoms with Crippen molar-refractivity contribution >= 4 is 33.0 Å². The number of pyridine rings is 1. The van der Waals surface area contributed by atoms with Gasteiger partial charge in [0.1, 0.15) is 10.7 Å². The fourth-order valence-electron chi connectivity index (χ4n) is 5.42. The van der Waals surface area contributed by atoms with E-state index in [1.807, 2.05) is 0 Å². The average Bonchev–Trinajstić information content (AvgIpc) is 3.68. The predicted octanol–water partition coefficient (Wildman–Crippen LogP) is 5.36. The number of nitrogens with two attached hydrogens (primary N) is 1. The van der Waals surface area contributed by atoms with Crippen LogP contribution in [0.15, 0.2) is 59.5 Å². The molecule has 0 spiro atoms. The Hall–Kier alpha value is -3.74. The van der Waals surface area contributed by atoms with E-state index in [1.54, 1.807) is 24.3 Å². The fourth-order valence-corrected chi connectivity index (χ4v) is 8.54. The molecule has 2 aliphatic heterocycles. The minimum absolute atomic E-state index is 0.0192. The highest BCUT2D eigenvalue weighted by atomic mass is 32.2. The first-order chi connectivity index (χ1) is 19.6. The number of carbonyl (C=O) groups is 1. The Kier molecular flexibility index (Phi) is 7.08. The van der Waals surface area contributed by atoms with Crippen LogP contribution >= 0.6 is 11.3 Å². The first kappa shape index (κ1) is 27.4. The van der Waals surface area contributed by atoms with E-state index >= 15 is 0 Å². The summed E-state index contributed by atoms with van der Waals surface area (Å²) in [6, 6.07) is 12.4. The van der Waals surface area contributed by atoms with Gasteiger partial charge in [0, 0.05) is 23.5 Å². The molecule has 4 heterocycles. The zero-order chi connectivity index (χ0) is 28.9. The van der Waals surface area contributed by atoms with Crippen molar-refractivity contribution in [2.45, 2.75) is 43.2 Å². The molecular weight excluding hydrogens is 573 g/mol. The number of halogens is 3. The van der Waals surface area contributed by atoms with E-state index in [-0.39, 0.29) is 29.0 Å². The van der Waals surface area contributed by atoms with Crippen molar-refractivity contribution in [1.29, 1.82) is 0 Å². The number of sulfonamides is 1. The first-order valence-electron chi connectivity index (χ1n) is 13.0. The summed E-state index contributed by atoms with van der Waals surface area (Å²) in [5.41, 5.74) is 9.49. The van der Waals surface area contributed by atoms with Gasteiger partial charge in [0.2, 0.25) is 10.0 Å². The van der Waals surface area contributed by atoms with Crippen LogP contribution in [0.4, 0.5) is 18.9 Å². The number of aromatic nitrogens is 1. The van der Waals surface area contributed by atoms with Gasteiger partial charge in [-0.2, -0.15) is 4.31 Å². The first-order valence-corrected chi connectivity index (χ1v) is 15.3. The van der Waals surface area contributed by atoms with Gasteiger partial charge in [-0.15, -0.1) is 11.3 Å². The summed E-state index contributed by atoms with van der Waals surface area (Å²) in [4.78, 5) is 18.6. The minimum Gasteiger partial charge on any atom is -0.397 e. The highest BCUT2D eigenvalue weighted by Crippen LogP contribution is 2.51. The van der Waals surface area contributed by atoms with E-state index in [2.05, 4.69) is 5.32 Å². The van der Waals surface area contributed by atoms with Gasteiger partial charge in [0.25, 0.3) is 5.91 Å². The summed E-state index contributed by atoms with van der Waals surface area (Å²) in [5, 5.41) is 2.68. The van der Waals surface area contributed by atoms with Crippen molar-refractivity contribution in [1.82, 2.24) is 14.6 Å². The van der Waals surface area contributed by atoms with Crippen molar-refractivity contribution in [2.24, 2.45) is 0 Å². The Morgan fingerprint density at radius 1 is 1.02 bits per heavy atom. The van der Waals surface area contributed by atoms with Crippen LogP contribution in [-0.4, -0.2) is 30.2 Å². The number of amides is 1. The highest BCUT2D eigenvalue weighted by molar-refractivity contribution is 7.89. The van der Waals surface area contributed by atoms with E-state index in [9.17, 15) is 26.4 Å². The van der Waals surface area contributed by atoms with E-state index < -0.39 is 27.6 Å². The largest absolute Gasteiger partial charge is 0.397 e. The van der Waals surface area contributed by atoms with Gasteiger partial charge in [-0.05, 0) is 73.2 Å². The molecule has 1 atom stereocenters. The second kappa shape index (κ2) is 10.6. The Morgan fingerprint density at radius 2 is 1.78 bits per heavy atom. The highest BCUT2D eigenvalue weighted by Gasteiger charge is 2.49. The molecule has 6 rings (SSSR count). The monoisotopic (exact) mass is 598 g/mol. The number of nitrogen functional groups attached to an aromatic ring is 1. The third-order valence-electron chi connectivity index (χ3n) is 7.46. The van der Waals surface area contributed by atoms with Gasteiger partial charge < -0.3 is 11.1 Å². The minimum atomic E-state index is -3.85. The number of fused-ring (bicyclic) bond motifs is 3. The van der Waals surface area contributed by atoms with Crippen LogP contribution in [0.3, 0.4) is 0 Å². The lowest BCUT2D eigenvalue weighted by atomic mass is 10.0. The third kappa shape index (κ3) is 5.00. The van der Waals surface area contributed by atoms with E-state index in [1.165, 1.54) is 22.5 Å². The van der Waals surface area contributed by atoms with Crippen LogP contribution in [0.25, 0.3) is 10.4 Å². The molecule has 212 valence electrons. The van der Waals surface area contributed by atoms with E-state index in [0.29, 0.717) is 58.1 Å². The topological polar surface area (TPSA) is 105 Å². The Morgan fingerprint density at radius 3 is 2.54 bits per heavy atom. The third-order valence-corrected chi connectivity index (χ3v) is 10.5. The number of anilines is 1. The lowest BCUT2D eigenvalue weighted by Crippen LogP contribution is -2.23. The Labute approximate surface area is 238 Å². The molecule has 7 nitrogen and oxygen atoms in total. The number of hydrogen-bond donors (Lipinski definition) is 2. The molecule has 0 unspecified atom stereocenters. The van der Waals surface area contributed by atoms with Crippen molar-refractivity contribution in [2.75, 3.05) is 12.3 Å². The summed E-state index contributed by atoms with van der Waals surface area (Å²) in [6.07, 6.45) is 2.33. The normalized spacial score (nSPS) is 17.4. The van der Waals surface area contributed by atoms with Crippen molar-refractivity contribution in [3.8, 4) is 10.4 Å². The molecule has 1 fully saturated rings. The quantitative estimate of drug-likeness (QED) is 0.298. The predicted molar refractivity (Wildman–Crippen MR) is 149 cm³/mol. The summed E-state index contributed by atoms with van der Waals surface area (Å²) in [6.45, 7) is 0.379. The number of carbonyl (C=O) groups excluding carboxylic acids is 1. The molecule has 1 amide bonds. The lowest BCUT2D eigenvalue weighted by molar-refractivity contribution is 0.0955. The Bertz CT molecular complexity index is 1770. The molecule has 3 N–H and O–H groups in total. The van der Waals surface area contributed by atoms with Crippen LogP contribution in [0, 0.1) is 17.5 Å². The van der Waals surface area contributed by atoms with Crippen LogP contribution in [0.2, 0.25) is 0 Å². The molecule has 2 aromatic carbocycles. The molecule has 0 bridgehead atoms. The molecule has 2 aliphatic rings. The molecular formula is C29H25F3N4O3S2. The zero-order valence-corrected chi connectivity index (χ0v) is 23.3. The number of aryl methyl sites for hydroxylation is 2. The lowest BCUT2D eigenvalue weighted by Gasteiger charge is -2.15. The smallest absolute Gasteiger partial charge is 0.261 e. The van der Waals surface area contributed by atoms with E-state index in [0.717, 1.165) is 35.5 Å². The summed E-state index contributed by atoms with van der Waals surface area (Å²) >= 11 is 1.09. The van der Waals surface area contributed by atoms with Gasteiger partial charge in [-0.1, -0.05) is 18.2 Å². The number of nitrogens with zero attached hydrogens (tertiary/aromatic N) is 2. The maximum absolute atomic E-state index is 13.6. The zero-order valence-electron chi connectivity index (χ0n) is 21.7. The number of thiophene rings is 1. The standard InChI is InChI=1S/C29H25F3N4O3S2/c30-18-7-3-16(4-8-18)6-10-21-26(33)25(28-27(35-21)22-2-1-13-36(22)41(28,38)39)23-11-12-24(40-23)29(37)34-15-17-5-9-19(31)20(32)14-17/h3-5,7-9,11-12,14,22H,1-2,6,10,13,15,33H2,(H,34,37)/t22-/m0/s1. The molecule has 0 saturated carbocycles.